The summed E-state index contributed by atoms with van der Waals surface area (Å²) >= 11 is 19.4. The first-order valence-corrected chi connectivity index (χ1v) is 10.8. The number of carboxylic acid groups (broad SMARTS) is 4. The average Bonchev–Trinajstić information content (AvgIpc) is 2.78. The van der Waals surface area contributed by atoms with Gasteiger partial charge in [-0.3, -0.25) is 0 Å². The summed E-state index contributed by atoms with van der Waals surface area (Å²) in [6.07, 6.45) is 0. The smallest absolute Gasteiger partial charge is 0.337 e. The Balaban J connectivity index is 2.42. The average molecular weight is 532 g/mol. The fraction of sp³-hybridized carbons (Fsp3) is 0. The van der Waals surface area contributed by atoms with E-state index in [9.17, 15) is 39.6 Å². The molecule has 0 unspecified atom stereocenters. The van der Waals surface area contributed by atoms with Gasteiger partial charge in [0.1, 0.15) is 0 Å². The fourth-order valence-electron chi connectivity index (χ4n) is 4.84. The minimum Gasteiger partial charge on any atom is -0.478 e. The maximum absolute atomic E-state index is 12.5. The van der Waals surface area contributed by atoms with Gasteiger partial charge in [-0.25, -0.2) is 19.2 Å². The number of rotatable bonds is 4. The number of carboxylic acids is 4. The zero-order valence-corrected chi connectivity index (χ0v) is 19.2. The van der Waals surface area contributed by atoms with E-state index in [2.05, 4.69) is 0 Å². The molecule has 35 heavy (non-hydrogen) atoms. The van der Waals surface area contributed by atoms with Gasteiger partial charge in [-0.1, -0.05) is 59.1 Å². The first-order valence-electron chi connectivity index (χ1n) is 9.68. The highest BCUT2D eigenvalue weighted by molar-refractivity contribution is 6.55. The van der Waals surface area contributed by atoms with Crippen LogP contribution in [0.1, 0.15) is 41.4 Å². The highest BCUT2D eigenvalue weighted by atomic mass is 35.5. The molecule has 4 N–H and O–H groups in total. The number of carbonyl (C=O) groups is 4. The van der Waals surface area contributed by atoms with Crippen molar-refractivity contribution in [3.63, 3.8) is 0 Å². The lowest BCUT2D eigenvalue weighted by molar-refractivity contribution is 0.0635. The second kappa shape index (κ2) is 7.58. The zero-order valence-electron chi connectivity index (χ0n) is 16.9. The van der Waals surface area contributed by atoms with Crippen LogP contribution in [0.4, 0.5) is 0 Å². The van der Waals surface area contributed by atoms with Crippen molar-refractivity contribution in [2.75, 3.05) is 0 Å². The predicted molar refractivity (Wildman–Crippen MR) is 131 cm³/mol. The van der Waals surface area contributed by atoms with Crippen LogP contribution in [0.25, 0.3) is 43.1 Å². The van der Waals surface area contributed by atoms with Crippen molar-refractivity contribution in [1.29, 1.82) is 0 Å². The Bertz CT molecular complexity index is 1840. The van der Waals surface area contributed by atoms with Gasteiger partial charge >= 0.3 is 23.9 Å². The zero-order chi connectivity index (χ0) is 25.5. The van der Waals surface area contributed by atoms with Crippen LogP contribution in [0.3, 0.4) is 0 Å². The predicted octanol–water partition coefficient (Wildman–Crippen LogP) is 6.49. The van der Waals surface area contributed by atoms with E-state index in [1.807, 2.05) is 0 Å². The molecule has 0 spiro atoms. The van der Waals surface area contributed by atoms with Gasteiger partial charge in [0.15, 0.2) is 0 Å². The quantitative estimate of drug-likeness (QED) is 0.152. The van der Waals surface area contributed by atoms with Crippen LogP contribution in [0.15, 0.2) is 30.3 Å². The van der Waals surface area contributed by atoms with E-state index in [0.717, 1.165) is 0 Å². The fourth-order valence-corrected chi connectivity index (χ4v) is 5.65. The molecule has 5 rings (SSSR count). The monoisotopic (exact) mass is 530 g/mol. The van der Waals surface area contributed by atoms with Crippen molar-refractivity contribution in [2.24, 2.45) is 0 Å². The van der Waals surface area contributed by atoms with Gasteiger partial charge in [0.2, 0.25) is 0 Å². The lowest BCUT2D eigenvalue weighted by Crippen LogP contribution is -2.18. The lowest BCUT2D eigenvalue weighted by atomic mass is 9.81. The SMILES string of the molecule is O=C(O)c1c(C(=O)O)c2c(C(=O)O)c(Cl)c(Cl)c3c4c(Cl)ccc5cccc(c(c1C(=O)O)c23)c54. The maximum Gasteiger partial charge on any atom is 0.337 e. The Hall–Kier alpha value is -3.85. The standard InChI is InChI=1S/C24H9Cl3O8/c25-8-5-4-6-2-1-3-7-9(6)11(8)14-12-10(7)15(21(28)29)17(23(32)33)16(22(30)31)13(12)18(24(34)35)20(27)19(14)26/h1-5H,(H,28,29)(H,30,31)(H,32,33)(H,34,35). The molecule has 5 aromatic rings. The summed E-state index contributed by atoms with van der Waals surface area (Å²) in [7, 11) is 0. The summed E-state index contributed by atoms with van der Waals surface area (Å²) in [5.74, 6) is -7.13. The number of hydrogen-bond acceptors (Lipinski definition) is 4. The molecular weight excluding hydrogens is 523 g/mol. The van der Waals surface area contributed by atoms with Crippen LogP contribution in [0, 0.1) is 0 Å². The van der Waals surface area contributed by atoms with Gasteiger partial charge in [0.25, 0.3) is 0 Å². The molecule has 0 heterocycles. The number of fused-ring (bicyclic) bond motifs is 2. The number of hydrogen-bond donors (Lipinski definition) is 4. The van der Waals surface area contributed by atoms with E-state index in [0.29, 0.717) is 10.8 Å². The van der Waals surface area contributed by atoms with Crippen molar-refractivity contribution in [1.82, 2.24) is 0 Å². The minimum atomic E-state index is -1.87. The van der Waals surface area contributed by atoms with Crippen LogP contribution in [0.5, 0.6) is 0 Å². The van der Waals surface area contributed by atoms with Gasteiger partial charge in [-0.15, -0.1) is 0 Å². The van der Waals surface area contributed by atoms with Gasteiger partial charge in [-0.05, 0) is 22.2 Å². The summed E-state index contributed by atoms with van der Waals surface area (Å²) in [5, 5.41) is 40.0. The Morgan fingerprint density at radius 2 is 1.09 bits per heavy atom. The normalized spacial score (nSPS) is 11.6. The molecule has 0 saturated heterocycles. The second-order valence-electron chi connectivity index (χ2n) is 7.67. The molecule has 5 aromatic carbocycles. The van der Waals surface area contributed by atoms with Gasteiger partial charge < -0.3 is 20.4 Å². The van der Waals surface area contributed by atoms with Crippen LogP contribution in [-0.4, -0.2) is 44.3 Å². The first-order chi connectivity index (χ1) is 16.5. The number of benzene rings is 5. The molecule has 0 aliphatic heterocycles. The molecule has 0 bridgehead atoms. The van der Waals surface area contributed by atoms with Crippen LogP contribution >= 0.6 is 34.8 Å². The summed E-state index contributed by atoms with van der Waals surface area (Å²) in [5.41, 5.74) is -3.71. The van der Waals surface area contributed by atoms with Crippen molar-refractivity contribution in [2.45, 2.75) is 0 Å². The topological polar surface area (TPSA) is 149 Å². The molecular formula is C24H9Cl3O8. The Labute approximate surface area is 208 Å². The molecule has 0 saturated carbocycles. The molecule has 0 aromatic heterocycles. The minimum absolute atomic E-state index is 0.0166. The summed E-state index contributed by atoms with van der Waals surface area (Å²) in [6, 6.07) is 8.04. The Morgan fingerprint density at radius 3 is 1.66 bits per heavy atom. The Morgan fingerprint density at radius 1 is 0.514 bits per heavy atom. The molecule has 0 fully saturated rings. The molecule has 8 nitrogen and oxygen atoms in total. The van der Waals surface area contributed by atoms with E-state index in [4.69, 9.17) is 34.8 Å². The second-order valence-corrected chi connectivity index (χ2v) is 8.84. The Kier molecular flexibility index (Phi) is 4.96. The molecule has 174 valence electrons. The highest BCUT2D eigenvalue weighted by Crippen LogP contribution is 2.51. The molecule has 0 aliphatic carbocycles. The van der Waals surface area contributed by atoms with Gasteiger partial charge in [0.05, 0.1) is 32.3 Å². The maximum atomic E-state index is 12.5. The van der Waals surface area contributed by atoms with Crippen molar-refractivity contribution >= 4 is 102 Å². The molecule has 0 radical (unpaired) electrons. The molecule has 0 atom stereocenters. The van der Waals surface area contributed by atoms with E-state index in [1.165, 1.54) is 6.07 Å². The van der Waals surface area contributed by atoms with Crippen LogP contribution in [-0.2, 0) is 0 Å². The van der Waals surface area contributed by atoms with E-state index in [1.54, 1.807) is 24.3 Å². The van der Waals surface area contributed by atoms with Crippen molar-refractivity contribution < 1.29 is 39.6 Å². The molecule has 11 heteroatoms. The third-order valence-corrected chi connectivity index (χ3v) is 7.17. The molecule has 0 amide bonds. The van der Waals surface area contributed by atoms with Crippen molar-refractivity contribution in [3.8, 4) is 0 Å². The van der Waals surface area contributed by atoms with Crippen molar-refractivity contribution in [3.05, 3.63) is 67.7 Å². The van der Waals surface area contributed by atoms with Crippen LogP contribution in [0.2, 0.25) is 15.1 Å². The van der Waals surface area contributed by atoms with Gasteiger partial charge in [-0.2, -0.15) is 0 Å². The third kappa shape index (κ3) is 2.88. The number of aromatic carboxylic acids is 4. The van der Waals surface area contributed by atoms with E-state index < -0.39 is 56.5 Å². The largest absolute Gasteiger partial charge is 0.478 e. The number of halogens is 3. The van der Waals surface area contributed by atoms with Gasteiger partial charge in [0, 0.05) is 32.0 Å². The molecule has 0 aliphatic rings. The van der Waals surface area contributed by atoms with E-state index in [-0.39, 0.29) is 37.0 Å². The van der Waals surface area contributed by atoms with E-state index >= 15 is 0 Å². The first kappa shape index (κ1) is 22.9. The summed E-state index contributed by atoms with van der Waals surface area (Å²) < 4.78 is 0. The third-order valence-electron chi connectivity index (χ3n) is 6.00. The highest BCUT2D eigenvalue weighted by Gasteiger charge is 2.36. The summed E-state index contributed by atoms with van der Waals surface area (Å²) in [6.45, 7) is 0. The van der Waals surface area contributed by atoms with Crippen LogP contribution < -0.4 is 0 Å². The lowest BCUT2D eigenvalue weighted by Gasteiger charge is -2.22. The summed E-state index contributed by atoms with van der Waals surface area (Å²) in [4.78, 5) is 49.4.